The van der Waals surface area contributed by atoms with Gasteiger partial charge in [-0.2, -0.15) is 0 Å². The molecular weight excluding hydrogens is 449 g/mol. The molecule has 0 saturated carbocycles. The Morgan fingerprint density at radius 2 is 1.81 bits per heavy atom. The number of nitrogens with zero attached hydrogens (tertiary/aromatic N) is 3. The number of hydrogen-bond acceptors (Lipinski definition) is 5. The number of methoxy groups -OCH3 is 2. The largest absolute Gasteiger partial charge is 0.493 e. The normalized spacial score (nSPS) is 14.1. The summed E-state index contributed by atoms with van der Waals surface area (Å²) in [5.41, 5.74) is 11.2. The monoisotopic (exact) mass is 477 g/mol. The molecule has 0 bridgehead atoms. The SMILES string of the molecule is COc1cc2c(-c3cc4c(CN5CC(CN)C5)ccnc4[nH]3)cn(C)c2cc1OC.Cl.Cl. The number of pyridine rings is 1. The minimum atomic E-state index is 0. The highest BCUT2D eigenvalue weighted by Gasteiger charge is 2.26. The average Bonchev–Trinajstić information content (AvgIpc) is 3.30. The summed E-state index contributed by atoms with van der Waals surface area (Å²) in [6.07, 6.45) is 4.02. The number of fused-ring (bicyclic) bond motifs is 2. The van der Waals surface area contributed by atoms with Crippen molar-refractivity contribution in [2.45, 2.75) is 6.54 Å². The smallest absolute Gasteiger partial charge is 0.162 e. The number of halogens is 2. The van der Waals surface area contributed by atoms with Crippen molar-refractivity contribution < 1.29 is 9.47 Å². The molecule has 0 spiro atoms. The van der Waals surface area contributed by atoms with Crippen molar-refractivity contribution in [3.05, 3.63) is 42.2 Å². The molecule has 1 fully saturated rings. The number of benzene rings is 1. The van der Waals surface area contributed by atoms with Crippen molar-refractivity contribution in [2.75, 3.05) is 33.9 Å². The van der Waals surface area contributed by atoms with Crippen molar-refractivity contribution in [1.29, 1.82) is 0 Å². The number of rotatable bonds is 6. The first-order chi connectivity index (χ1) is 14.6. The van der Waals surface area contributed by atoms with Crippen molar-refractivity contribution in [1.82, 2.24) is 19.4 Å². The molecule has 0 amide bonds. The molecule has 0 aliphatic carbocycles. The standard InChI is InChI=1S/C23H27N5O2.2ClH/c1-27-13-18(17-7-21(29-2)22(30-3)8-20(17)27)19-6-16-15(4-5-25-23(16)26-19)12-28-10-14(9-24)11-28;;/h4-8,13-14H,9-12,24H2,1-3H3,(H,25,26);2*1H. The number of nitrogens with one attached hydrogen (secondary N) is 1. The zero-order valence-electron chi connectivity index (χ0n) is 18.4. The van der Waals surface area contributed by atoms with Crippen LogP contribution in [0.15, 0.2) is 36.7 Å². The Kier molecular flexibility index (Phi) is 7.25. The molecule has 1 saturated heterocycles. The molecule has 9 heteroatoms. The van der Waals surface area contributed by atoms with Crippen molar-refractivity contribution >= 4 is 46.8 Å². The fourth-order valence-corrected chi connectivity index (χ4v) is 4.48. The summed E-state index contributed by atoms with van der Waals surface area (Å²) < 4.78 is 13.1. The van der Waals surface area contributed by atoms with Gasteiger partial charge >= 0.3 is 0 Å². The van der Waals surface area contributed by atoms with Crippen LogP contribution in [-0.4, -0.2) is 53.3 Å². The van der Waals surface area contributed by atoms with Gasteiger partial charge in [-0.25, -0.2) is 4.98 Å². The van der Waals surface area contributed by atoms with Crippen LogP contribution < -0.4 is 15.2 Å². The number of hydrogen-bond donors (Lipinski definition) is 2. The summed E-state index contributed by atoms with van der Waals surface area (Å²) in [7, 11) is 5.37. The Morgan fingerprint density at radius 3 is 2.50 bits per heavy atom. The zero-order valence-corrected chi connectivity index (χ0v) is 20.1. The van der Waals surface area contributed by atoms with Crippen LogP contribution in [0.3, 0.4) is 0 Å². The van der Waals surface area contributed by atoms with Crippen LogP contribution in [0.2, 0.25) is 0 Å². The molecule has 1 aliphatic rings. The first-order valence-electron chi connectivity index (χ1n) is 10.2. The lowest BCUT2D eigenvalue weighted by Gasteiger charge is -2.38. The minimum absolute atomic E-state index is 0. The van der Waals surface area contributed by atoms with Gasteiger partial charge in [0.05, 0.1) is 19.7 Å². The number of aromatic amines is 1. The van der Waals surface area contributed by atoms with E-state index in [0.717, 1.165) is 65.5 Å². The van der Waals surface area contributed by atoms with Crippen LogP contribution in [-0.2, 0) is 13.6 Å². The van der Waals surface area contributed by atoms with E-state index in [4.69, 9.17) is 15.2 Å². The molecule has 3 N–H and O–H groups in total. The third-order valence-corrected chi connectivity index (χ3v) is 6.17. The quantitative estimate of drug-likeness (QED) is 0.438. The van der Waals surface area contributed by atoms with Crippen LogP contribution in [0.4, 0.5) is 0 Å². The highest BCUT2D eigenvalue weighted by atomic mass is 35.5. The summed E-state index contributed by atoms with van der Waals surface area (Å²) in [6.45, 7) is 3.84. The molecule has 0 atom stereocenters. The Morgan fingerprint density at radius 1 is 1.09 bits per heavy atom. The van der Waals surface area contributed by atoms with Gasteiger partial charge in [0.25, 0.3) is 0 Å². The molecule has 4 heterocycles. The average molecular weight is 478 g/mol. The number of ether oxygens (including phenoxy) is 2. The van der Waals surface area contributed by atoms with Crippen molar-refractivity contribution in [3.8, 4) is 22.8 Å². The third kappa shape index (κ3) is 4.01. The van der Waals surface area contributed by atoms with E-state index in [2.05, 4.69) is 37.8 Å². The topological polar surface area (TPSA) is 81.3 Å². The van der Waals surface area contributed by atoms with Gasteiger partial charge < -0.3 is 24.8 Å². The molecule has 5 rings (SSSR count). The molecule has 32 heavy (non-hydrogen) atoms. The van der Waals surface area contributed by atoms with Gasteiger partial charge in [-0.3, -0.25) is 4.90 Å². The second-order valence-electron chi connectivity index (χ2n) is 8.09. The maximum absolute atomic E-state index is 5.77. The van der Waals surface area contributed by atoms with E-state index in [0.29, 0.717) is 5.92 Å². The third-order valence-electron chi connectivity index (χ3n) is 6.17. The van der Waals surface area contributed by atoms with E-state index >= 15 is 0 Å². The van der Waals surface area contributed by atoms with Crippen LogP contribution in [0.1, 0.15) is 5.56 Å². The number of aryl methyl sites for hydroxylation is 1. The predicted molar refractivity (Wildman–Crippen MR) is 133 cm³/mol. The Labute approximate surface area is 199 Å². The predicted octanol–water partition coefficient (Wildman–Crippen LogP) is 3.97. The molecule has 0 radical (unpaired) electrons. The van der Waals surface area contributed by atoms with Crippen LogP contribution in [0.25, 0.3) is 33.2 Å². The molecular formula is C23H29Cl2N5O2. The Balaban J connectivity index is 0.00000144. The van der Waals surface area contributed by atoms with Gasteiger partial charge in [-0.15, -0.1) is 24.8 Å². The highest BCUT2D eigenvalue weighted by molar-refractivity contribution is 5.99. The molecule has 1 aromatic carbocycles. The molecule has 1 aliphatic heterocycles. The van der Waals surface area contributed by atoms with Gasteiger partial charge in [0.1, 0.15) is 5.65 Å². The molecule has 7 nitrogen and oxygen atoms in total. The summed E-state index contributed by atoms with van der Waals surface area (Å²) >= 11 is 0. The van der Waals surface area contributed by atoms with E-state index in [9.17, 15) is 0 Å². The second-order valence-corrected chi connectivity index (χ2v) is 8.09. The molecule has 4 aromatic rings. The van der Waals surface area contributed by atoms with Gasteiger partial charge in [-0.05, 0) is 36.2 Å². The summed E-state index contributed by atoms with van der Waals surface area (Å²) in [4.78, 5) is 10.5. The summed E-state index contributed by atoms with van der Waals surface area (Å²) in [6, 6.07) is 8.38. The van der Waals surface area contributed by atoms with Crippen LogP contribution >= 0.6 is 24.8 Å². The van der Waals surface area contributed by atoms with Crippen LogP contribution in [0, 0.1) is 5.92 Å². The lowest BCUT2D eigenvalue weighted by Crippen LogP contribution is -2.49. The number of aromatic nitrogens is 3. The zero-order chi connectivity index (χ0) is 20.8. The van der Waals surface area contributed by atoms with E-state index in [-0.39, 0.29) is 24.8 Å². The number of nitrogens with two attached hydrogens (primary N) is 1. The summed E-state index contributed by atoms with van der Waals surface area (Å²) in [5, 5.41) is 2.28. The summed E-state index contributed by atoms with van der Waals surface area (Å²) in [5.74, 6) is 2.08. The van der Waals surface area contributed by atoms with Crippen molar-refractivity contribution in [2.24, 2.45) is 18.7 Å². The second kappa shape index (κ2) is 9.58. The Hall–Kier alpha value is -2.45. The molecule has 0 unspecified atom stereocenters. The Bertz CT molecular complexity index is 1230. The van der Waals surface area contributed by atoms with E-state index < -0.39 is 0 Å². The van der Waals surface area contributed by atoms with E-state index in [1.165, 1.54) is 10.9 Å². The maximum atomic E-state index is 5.77. The maximum Gasteiger partial charge on any atom is 0.162 e. The highest BCUT2D eigenvalue weighted by Crippen LogP contribution is 2.38. The number of H-pyrrole nitrogens is 1. The first kappa shape index (κ1) is 24.2. The first-order valence-corrected chi connectivity index (χ1v) is 10.2. The van der Waals surface area contributed by atoms with Crippen LogP contribution in [0.5, 0.6) is 11.5 Å². The fourth-order valence-electron chi connectivity index (χ4n) is 4.48. The molecule has 172 valence electrons. The minimum Gasteiger partial charge on any atom is -0.493 e. The lowest BCUT2D eigenvalue weighted by molar-refractivity contribution is 0.0984. The van der Waals surface area contributed by atoms with Crippen molar-refractivity contribution in [3.63, 3.8) is 0 Å². The number of likely N-dealkylation sites (tertiary alicyclic amines) is 1. The molecule has 3 aromatic heterocycles. The van der Waals surface area contributed by atoms with Gasteiger partial charge in [0, 0.05) is 67.2 Å². The fraction of sp³-hybridized carbons (Fsp3) is 0.348. The lowest BCUT2D eigenvalue weighted by atomic mass is 9.99. The van der Waals surface area contributed by atoms with Gasteiger partial charge in [-0.1, -0.05) is 0 Å². The van der Waals surface area contributed by atoms with E-state index in [1.54, 1.807) is 14.2 Å². The van der Waals surface area contributed by atoms with Gasteiger partial charge in [0.2, 0.25) is 0 Å². The van der Waals surface area contributed by atoms with Gasteiger partial charge in [0.15, 0.2) is 11.5 Å². The van der Waals surface area contributed by atoms with E-state index in [1.807, 2.05) is 25.4 Å².